The van der Waals surface area contributed by atoms with Gasteiger partial charge in [-0.05, 0) is 39.0 Å². The van der Waals surface area contributed by atoms with Gasteiger partial charge in [0.1, 0.15) is 11.3 Å². The van der Waals surface area contributed by atoms with Crippen LogP contribution in [0, 0.1) is 6.92 Å². The average molecular weight is 360 g/mol. The van der Waals surface area contributed by atoms with Gasteiger partial charge in [0.05, 0.1) is 24.1 Å². The highest BCUT2D eigenvalue weighted by molar-refractivity contribution is 7.99. The molecule has 0 spiro atoms. The molecule has 0 aliphatic rings. The average Bonchev–Trinajstić information content (AvgIpc) is 3.19. The van der Waals surface area contributed by atoms with E-state index >= 15 is 0 Å². The van der Waals surface area contributed by atoms with E-state index in [4.69, 9.17) is 4.42 Å². The van der Waals surface area contributed by atoms with Crippen molar-refractivity contribution in [2.75, 3.05) is 5.75 Å². The fraction of sp³-hybridized carbons (Fsp3) is 0.353. The maximum atomic E-state index is 12.7. The third kappa shape index (κ3) is 3.79. The van der Waals surface area contributed by atoms with Crippen molar-refractivity contribution in [2.24, 2.45) is 0 Å². The summed E-state index contributed by atoms with van der Waals surface area (Å²) in [6.45, 7) is 6.07. The van der Waals surface area contributed by atoms with E-state index in [9.17, 15) is 9.59 Å². The van der Waals surface area contributed by atoms with E-state index in [0.29, 0.717) is 28.5 Å². The lowest BCUT2D eigenvalue weighted by molar-refractivity contribution is -0.118. The molecule has 0 aromatic carbocycles. The van der Waals surface area contributed by atoms with Gasteiger partial charge in [-0.1, -0.05) is 11.8 Å². The van der Waals surface area contributed by atoms with Crippen LogP contribution in [0.1, 0.15) is 31.3 Å². The number of H-pyrrole nitrogens is 1. The van der Waals surface area contributed by atoms with Crippen LogP contribution < -0.4 is 10.9 Å². The molecule has 7 nitrogen and oxygen atoms in total. The fourth-order valence-corrected chi connectivity index (χ4v) is 3.49. The largest absolute Gasteiger partial charge is 0.467 e. The predicted octanol–water partition coefficient (Wildman–Crippen LogP) is 2.62. The summed E-state index contributed by atoms with van der Waals surface area (Å²) in [5.41, 5.74) is 1.88. The second kappa shape index (κ2) is 7.18. The van der Waals surface area contributed by atoms with E-state index in [1.54, 1.807) is 23.0 Å². The second-order valence-electron chi connectivity index (χ2n) is 6.02. The highest BCUT2D eigenvalue weighted by Crippen LogP contribution is 2.21. The molecule has 132 valence electrons. The van der Waals surface area contributed by atoms with Gasteiger partial charge in [-0.2, -0.15) is 0 Å². The number of aromatic nitrogens is 3. The van der Waals surface area contributed by atoms with Crippen LogP contribution in [0.2, 0.25) is 0 Å². The quantitative estimate of drug-likeness (QED) is 0.521. The highest BCUT2D eigenvalue weighted by Gasteiger charge is 2.16. The van der Waals surface area contributed by atoms with Crippen molar-refractivity contribution in [1.29, 1.82) is 0 Å². The first-order valence-electron chi connectivity index (χ1n) is 7.99. The summed E-state index contributed by atoms with van der Waals surface area (Å²) in [5.74, 6) is 0.727. The summed E-state index contributed by atoms with van der Waals surface area (Å²) in [6.07, 6.45) is 1.57. The normalized spacial score (nSPS) is 11.4. The third-order valence-electron chi connectivity index (χ3n) is 3.68. The smallest absolute Gasteiger partial charge is 0.278 e. The van der Waals surface area contributed by atoms with Crippen molar-refractivity contribution >= 4 is 28.7 Å². The summed E-state index contributed by atoms with van der Waals surface area (Å²) in [4.78, 5) is 32.4. The molecule has 0 aliphatic heterocycles. The lowest BCUT2D eigenvalue weighted by Gasteiger charge is -2.14. The summed E-state index contributed by atoms with van der Waals surface area (Å²) in [6, 6.07) is 5.35. The molecule has 2 N–H and O–H groups in total. The number of nitrogens with zero attached hydrogens (tertiary/aromatic N) is 2. The van der Waals surface area contributed by atoms with Crippen molar-refractivity contribution in [3.8, 4) is 0 Å². The number of aryl methyl sites for hydroxylation is 1. The Bertz CT molecular complexity index is 941. The minimum Gasteiger partial charge on any atom is -0.467 e. The number of thioether (sulfide) groups is 1. The van der Waals surface area contributed by atoms with Crippen LogP contribution in [0.25, 0.3) is 11.0 Å². The molecule has 8 heteroatoms. The van der Waals surface area contributed by atoms with Crippen LogP contribution >= 0.6 is 11.8 Å². The van der Waals surface area contributed by atoms with Crippen molar-refractivity contribution in [3.63, 3.8) is 0 Å². The first-order chi connectivity index (χ1) is 12.0. The van der Waals surface area contributed by atoms with Gasteiger partial charge in [0.2, 0.25) is 5.91 Å². The molecule has 0 radical (unpaired) electrons. The van der Waals surface area contributed by atoms with E-state index < -0.39 is 0 Å². The van der Waals surface area contributed by atoms with Crippen molar-refractivity contribution in [2.45, 2.75) is 38.5 Å². The SMILES string of the molecule is Cc1cc2nc(SCC(=O)NCc3ccco3)n(C(C)C)c(=O)c2[nH]1. The maximum absolute atomic E-state index is 12.7. The standard InChI is InChI=1S/C17H20N4O3S/c1-10(2)21-16(23)15-13(7-11(3)19-15)20-17(21)25-9-14(22)18-8-12-5-4-6-24-12/h4-7,10,19H,8-9H2,1-3H3,(H,18,22). The molecule has 3 aromatic heterocycles. The van der Waals surface area contributed by atoms with E-state index in [2.05, 4.69) is 15.3 Å². The molecule has 0 unspecified atom stereocenters. The monoisotopic (exact) mass is 360 g/mol. The third-order valence-corrected chi connectivity index (χ3v) is 4.63. The van der Waals surface area contributed by atoms with Gasteiger partial charge in [0.25, 0.3) is 5.56 Å². The van der Waals surface area contributed by atoms with Crippen molar-refractivity contribution in [1.82, 2.24) is 19.9 Å². The van der Waals surface area contributed by atoms with Gasteiger partial charge in [0, 0.05) is 11.7 Å². The van der Waals surface area contributed by atoms with E-state index in [1.165, 1.54) is 11.8 Å². The Morgan fingerprint density at radius 1 is 1.48 bits per heavy atom. The van der Waals surface area contributed by atoms with Gasteiger partial charge in [0.15, 0.2) is 5.16 Å². The Kier molecular flexibility index (Phi) is 4.98. The number of fused-ring (bicyclic) bond motifs is 1. The van der Waals surface area contributed by atoms with Crippen LogP contribution in [0.3, 0.4) is 0 Å². The zero-order valence-electron chi connectivity index (χ0n) is 14.3. The molecular weight excluding hydrogens is 340 g/mol. The van der Waals surface area contributed by atoms with Crippen LogP contribution in [0.5, 0.6) is 0 Å². The van der Waals surface area contributed by atoms with Crippen LogP contribution in [-0.4, -0.2) is 26.2 Å². The number of carbonyl (C=O) groups excluding carboxylic acids is 1. The molecular formula is C17H20N4O3S. The molecule has 0 fully saturated rings. The number of carbonyl (C=O) groups is 1. The van der Waals surface area contributed by atoms with E-state index in [1.807, 2.05) is 26.8 Å². The lowest BCUT2D eigenvalue weighted by Crippen LogP contribution is -2.27. The molecule has 1 amide bonds. The topological polar surface area (TPSA) is 92.9 Å². The number of hydrogen-bond acceptors (Lipinski definition) is 5. The zero-order chi connectivity index (χ0) is 18.0. The molecule has 0 atom stereocenters. The number of nitrogens with one attached hydrogen (secondary N) is 2. The summed E-state index contributed by atoms with van der Waals surface area (Å²) < 4.78 is 6.79. The number of rotatable bonds is 6. The van der Waals surface area contributed by atoms with Crippen LogP contribution in [0.4, 0.5) is 0 Å². The molecule has 3 rings (SSSR count). The summed E-state index contributed by atoms with van der Waals surface area (Å²) in [5, 5.41) is 3.33. The van der Waals surface area contributed by atoms with Gasteiger partial charge in [-0.15, -0.1) is 0 Å². The van der Waals surface area contributed by atoms with Gasteiger partial charge in [-0.3, -0.25) is 14.2 Å². The summed E-state index contributed by atoms with van der Waals surface area (Å²) in [7, 11) is 0. The number of amides is 1. The molecule has 3 heterocycles. The minimum atomic E-state index is -0.142. The maximum Gasteiger partial charge on any atom is 0.278 e. The minimum absolute atomic E-state index is 0.0540. The number of hydrogen-bond donors (Lipinski definition) is 2. The summed E-state index contributed by atoms with van der Waals surface area (Å²) >= 11 is 1.25. The molecule has 0 saturated heterocycles. The van der Waals surface area contributed by atoms with Crippen molar-refractivity contribution < 1.29 is 9.21 Å². The van der Waals surface area contributed by atoms with Crippen LogP contribution in [0.15, 0.2) is 38.8 Å². The highest BCUT2D eigenvalue weighted by atomic mass is 32.2. The molecule has 0 aliphatic carbocycles. The second-order valence-corrected chi connectivity index (χ2v) is 6.96. The van der Waals surface area contributed by atoms with E-state index in [0.717, 1.165) is 5.69 Å². The van der Waals surface area contributed by atoms with Crippen LogP contribution in [-0.2, 0) is 11.3 Å². The Hall–Kier alpha value is -2.48. The first-order valence-corrected chi connectivity index (χ1v) is 8.98. The van der Waals surface area contributed by atoms with Gasteiger partial charge in [-0.25, -0.2) is 4.98 Å². The molecule has 25 heavy (non-hydrogen) atoms. The Balaban J connectivity index is 1.76. The lowest BCUT2D eigenvalue weighted by atomic mass is 10.3. The Labute approximate surface area is 148 Å². The number of aromatic amines is 1. The Morgan fingerprint density at radius 3 is 2.96 bits per heavy atom. The molecule has 0 bridgehead atoms. The van der Waals surface area contributed by atoms with Crippen molar-refractivity contribution in [3.05, 3.63) is 46.3 Å². The van der Waals surface area contributed by atoms with E-state index in [-0.39, 0.29) is 23.3 Å². The first kappa shape index (κ1) is 17.3. The molecule has 3 aromatic rings. The fourth-order valence-electron chi connectivity index (χ4n) is 2.53. The molecule has 0 saturated carbocycles. The predicted molar refractivity (Wildman–Crippen MR) is 96.8 cm³/mol. The Morgan fingerprint density at radius 2 is 2.28 bits per heavy atom. The number of furan rings is 1. The van der Waals surface area contributed by atoms with Gasteiger partial charge >= 0.3 is 0 Å². The zero-order valence-corrected chi connectivity index (χ0v) is 15.1. The van der Waals surface area contributed by atoms with Gasteiger partial charge < -0.3 is 14.7 Å².